The molecule has 266 valence electrons. The fraction of sp³-hybridized carbons (Fsp3) is 0.174. The van der Waals surface area contributed by atoms with Gasteiger partial charge in [-0.25, -0.2) is 4.39 Å². The lowest BCUT2D eigenvalue weighted by Crippen LogP contribution is -2.58. The standard InChI is InChI=1S/C46H35FN2O5/c47-38-24-28(16-23-39(38)50)42-33-21-22-34-41(45(54)49(44(34)53)32-19-17-31(18-20-32)48-30-14-8-3-9-15-30)36(33)25-37-43(52)35(27-10-4-1-5-11-27)26-40(51)46(37,42)29-12-6-2-7-13-29/h1-21,23-24,26,34,36-37,41-42,48,50H,22,25H2. The number of aromatic hydroxyl groups is 1. The summed E-state index contributed by atoms with van der Waals surface area (Å²) in [6.45, 7) is 0. The zero-order valence-electron chi connectivity index (χ0n) is 29.1. The summed E-state index contributed by atoms with van der Waals surface area (Å²) in [5.41, 5.74) is 3.29. The van der Waals surface area contributed by atoms with E-state index in [9.17, 15) is 14.7 Å². The van der Waals surface area contributed by atoms with Gasteiger partial charge >= 0.3 is 0 Å². The fourth-order valence-corrected chi connectivity index (χ4v) is 9.59. The monoisotopic (exact) mass is 714 g/mol. The number of phenols is 1. The van der Waals surface area contributed by atoms with Gasteiger partial charge in [-0.15, -0.1) is 0 Å². The maximum Gasteiger partial charge on any atom is 0.238 e. The maximum absolute atomic E-state index is 15.3. The molecule has 7 nitrogen and oxygen atoms in total. The van der Waals surface area contributed by atoms with Gasteiger partial charge in [-0.1, -0.05) is 96.6 Å². The van der Waals surface area contributed by atoms with Crippen molar-refractivity contribution >= 4 is 46.0 Å². The predicted molar refractivity (Wildman–Crippen MR) is 203 cm³/mol. The van der Waals surface area contributed by atoms with E-state index in [4.69, 9.17) is 0 Å². The van der Waals surface area contributed by atoms with E-state index in [1.807, 2.05) is 97.1 Å². The molecule has 3 aliphatic carbocycles. The number of carbonyl (C=O) groups is 4. The van der Waals surface area contributed by atoms with Crippen LogP contribution >= 0.6 is 0 Å². The van der Waals surface area contributed by atoms with Crippen LogP contribution in [-0.2, 0) is 24.6 Å². The van der Waals surface area contributed by atoms with Crippen molar-refractivity contribution in [3.63, 3.8) is 0 Å². The minimum atomic E-state index is -1.48. The molecule has 5 aromatic rings. The molecule has 2 N–H and O–H groups in total. The van der Waals surface area contributed by atoms with Crippen molar-refractivity contribution in [3.8, 4) is 5.75 Å². The highest BCUT2D eigenvalue weighted by Crippen LogP contribution is 2.64. The number of nitrogens with one attached hydrogen (secondary N) is 1. The van der Waals surface area contributed by atoms with Gasteiger partial charge in [0, 0.05) is 28.8 Å². The number of fused-ring (bicyclic) bond motifs is 4. The first-order valence-electron chi connectivity index (χ1n) is 18.2. The fourth-order valence-electron chi connectivity index (χ4n) is 9.59. The highest BCUT2D eigenvalue weighted by molar-refractivity contribution is 6.32. The molecule has 0 bridgehead atoms. The Morgan fingerprint density at radius 3 is 2.06 bits per heavy atom. The summed E-state index contributed by atoms with van der Waals surface area (Å²) in [5.74, 6) is -6.50. The number of hydrogen-bond acceptors (Lipinski definition) is 6. The molecule has 0 radical (unpaired) electrons. The summed E-state index contributed by atoms with van der Waals surface area (Å²) < 4.78 is 15.3. The van der Waals surface area contributed by atoms with Gasteiger partial charge in [0.1, 0.15) is 0 Å². The van der Waals surface area contributed by atoms with Crippen LogP contribution in [0.15, 0.2) is 151 Å². The van der Waals surface area contributed by atoms with Crippen molar-refractivity contribution in [2.45, 2.75) is 24.2 Å². The molecular formula is C46H35FN2O5. The summed E-state index contributed by atoms with van der Waals surface area (Å²) in [7, 11) is 0. The van der Waals surface area contributed by atoms with Crippen LogP contribution in [-0.4, -0.2) is 28.5 Å². The molecule has 9 rings (SSSR count). The number of imide groups is 1. The first kappa shape index (κ1) is 33.4. The van der Waals surface area contributed by atoms with Crippen molar-refractivity contribution in [2.75, 3.05) is 10.2 Å². The molecule has 54 heavy (non-hydrogen) atoms. The van der Waals surface area contributed by atoms with E-state index in [-0.39, 0.29) is 41.8 Å². The number of nitrogens with zero attached hydrogens (tertiary/aromatic N) is 1. The molecule has 0 aromatic heterocycles. The lowest BCUT2D eigenvalue weighted by Gasteiger charge is -2.55. The number of ketones is 2. The van der Waals surface area contributed by atoms with E-state index in [0.29, 0.717) is 22.4 Å². The van der Waals surface area contributed by atoms with E-state index in [1.54, 1.807) is 30.3 Å². The number of phenolic OH excluding ortho intramolecular Hbond substituents is 1. The van der Waals surface area contributed by atoms with E-state index < -0.39 is 46.6 Å². The summed E-state index contributed by atoms with van der Waals surface area (Å²) in [5, 5.41) is 13.6. The Morgan fingerprint density at radius 2 is 1.37 bits per heavy atom. The van der Waals surface area contributed by atoms with Crippen LogP contribution in [0.1, 0.15) is 35.4 Å². The third-order valence-electron chi connectivity index (χ3n) is 11.9. The Balaban J connectivity index is 1.17. The number of para-hydroxylation sites is 1. The van der Waals surface area contributed by atoms with Crippen LogP contribution in [0.5, 0.6) is 5.75 Å². The zero-order valence-corrected chi connectivity index (χ0v) is 29.1. The van der Waals surface area contributed by atoms with Gasteiger partial charge in [0.25, 0.3) is 0 Å². The first-order chi connectivity index (χ1) is 26.3. The molecule has 1 aliphatic heterocycles. The lowest BCUT2D eigenvalue weighted by atomic mass is 9.44. The summed E-state index contributed by atoms with van der Waals surface area (Å²) in [6, 6.07) is 39.1. The number of Topliss-reactive ketones (excluding diaryl/α,β-unsaturated/α-hetero) is 1. The van der Waals surface area contributed by atoms with Crippen molar-refractivity contribution in [1.82, 2.24) is 0 Å². The number of halogens is 1. The average molecular weight is 715 g/mol. The second-order valence-electron chi connectivity index (χ2n) is 14.5. The number of benzene rings is 5. The minimum absolute atomic E-state index is 0.139. The molecule has 2 fully saturated rings. The SMILES string of the molecule is O=C1C(c2ccccc2)=CC(=O)C2(c3ccccc3)C1CC1C(=CCC3C(=O)N(c4ccc(Nc5ccccc5)cc4)C(=O)C31)C2c1ccc(O)c(F)c1. The second-order valence-corrected chi connectivity index (χ2v) is 14.5. The maximum atomic E-state index is 15.3. The van der Waals surface area contributed by atoms with Gasteiger partial charge in [-0.3, -0.25) is 24.1 Å². The first-order valence-corrected chi connectivity index (χ1v) is 18.2. The smallest absolute Gasteiger partial charge is 0.238 e. The topological polar surface area (TPSA) is 104 Å². The molecule has 8 heteroatoms. The van der Waals surface area contributed by atoms with Crippen LogP contribution in [0.4, 0.5) is 21.5 Å². The zero-order chi connectivity index (χ0) is 37.1. The molecular weight excluding hydrogens is 680 g/mol. The molecule has 1 saturated heterocycles. The summed E-state index contributed by atoms with van der Waals surface area (Å²) >= 11 is 0. The molecule has 0 spiro atoms. The van der Waals surface area contributed by atoms with E-state index >= 15 is 14.0 Å². The van der Waals surface area contributed by atoms with Crippen LogP contribution in [0.25, 0.3) is 5.57 Å². The van der Waals surface area contributed by atoms with Gasteiger partial charge in [0.15, 0.2) is 23.1 Å². The van der Waals surface area contributed by atoms with Crippen LogP contribution in [0.2, 0.25) is 0 Å². The highest BCUT2D eigenvalue weighted by Gasteiger charge is 2.66. The number of allylic oxidation sites excluding steroid dienone is 4. The quantitative estimate of drug-likeness (QED) is 0.136. The number of hydrogen-bond donors (Lipinski definition) is 2. The van der Waals surface area contributed by atoms with E-state index in [2.05, 4.69) is 5.32 Å². The second kappa shape index (κ2) is 12.9. The largest absolute Gasteiger partial charge is 0.505 e. The van der Waals surface area contributed by atoms with Gasteiger partial charge in [0.2, 0.25) is 11.8 Å². The van der Waals surface area contributed by atoms with Gasteiger partial charge in [-0.05, 0) is 90.1 Å². The third kappa shape index (κ3) is 5.08. The van der Waals surface area contributed by atoms with E-state index in [1.165, 1.54) is 23.1 Å². The van der Waals surface area contributed by atoms with Crippen molar-refractivity contribution < 1.29 is 28.7 Å². The van der Waals surface area contributed by atoms with Crippen molar-refractivity contribution in [1.29, 1.82) is 0 Å². The highest BCUT2D eigenvalue weighted by atomic mass is 19.1. The van der Waals surface area contributed by atoms with Crippen LogP contribution in [0, 0.1) is 29.5 Å². The third-order valence-corrected chi connectivity index (χ3v) is 11.9. The van der Waals surface area contributed by atoms with Crippen LogP contribution < -0.4 is 10.2 Å². The van der Waals surface area contributed by atoms with E-state index in [0.717, 1.165) is 16.9 Å². The normalized spacial score (nSPS) is 26.0. The Labute approximate surface area is 311 Å². The molecule has 4 aliphatic rings. The Bertz CT molecular complexity index is 2390. The summed E-state index contributed by atoms with van der Waals surface area (Å²) in [4.78, 5) is 60.2. The number of anilines is 3. The summed E-state index contributed by atoms with van der Waals surface area (Å²) in [6.07, 6.45) is 3.75. The van der Waals surface area contributed by atoms with Crippen molar-refractivity contribution in [3.05, 3.63) is 174 Å². The molecule has 1 heterocycles. The number of amides is 2. The van der Waals surface area contributed by atoms with Gasteiger partial charge in [0.05, 0.1) is 22.9 Å². The molecule has 6 atom stereocenters. The molecule has 5 aromatic carbocycles. The Morgan fingerprint density at radius 1 is 0.722 bits per heavy atom. The average Bonchev–Trinajstić information content (AvgIpc) is 3.46. The Hall–Kier alpha value is -6.41. The molecule has 6 unspecified atom stereocenters. The lowest BCUT2D eigenvalue weighted by molar-refractivity contribution is -0.135. The number of carbonyl (C=O) groups excluding carboxylic acids is 4. The van der Waals surface area contributed by atoms with Gasteiger partial charge < -0.3 is 10.4 Å². The van der Waals surface area contributed by atoms with Crippen LogP contribution in [0.3, 0.4) is 0 Å². The minimum Gasteiger partial charge on any atom is -0.505 e. The number of rotatable bonds is 6. The predicted octanol–water partition coefficient (Wildman–Crippen LogP) is 8.30. The molecule has 1 saturated carbocycles. The molecule has 2 amide bonds. The Kier molecular flexibility index (Phi) is 7.99. The van der Waals surface area contributed by atoms with Gasteiger partial charge in [-0.2, -0.15) is 0 Å². The van der Waals surface area contributed by atoms with Crippen molar-refractivity contribution in [2.24, 2.45) is 23.7 Å².